The minimum atomic E-state index is -2.73. The Kier molecular flexibility index (Phi) is 7.01. The van der Waals surface area contributed by atoms with Crippen molar-refractivity contribution in [3.63, 3.8) is 0 Å². The van der Waals surface area contributed by atoms with E-state index in [9.17, 15) is 40.5 Å². The van der Waals surface area contributed by atoms with E-state index in [1.54, 1.807) is 30.3 Å². The number of ether oxygens (including phenoxy) is 3. The van der Waals surface area contributed by atoms with Crippen molar-refractivity contribution in [2.24, 2.45) is 0 Å². The van der Waals surface area contributed by atoms with E-state index in [0.29, 0.717) is 5.56 Å². The standard InChI is InChI=1S/C20H28O11/c1-29-19(8-10-5-3-2-4-6-10)16(25)14(24)13(9-21)31-20(19,28)17-12(23)7-11(22)15(30-17)18(26)27/h2-6,11-17,21-25,28H,7-9H2,1H3,(H,26,27)/t11-,12+,13+,14+,15-,16-,17+,19+,20+/m0/s1. The van der Waals surface area contributed by atoms with Gasteiger partial charge in [0.05, 0.1) is 18.8 Å². The second kappa shape index (κ2) is 9.06. The maximum atomic E-state index is 11.7. The first kappa shape index (κ1) is 24.0. The van der Waals surface area contributed by atoms with Gasteiger partial charge in [-0.05, 0) is 5.56 Å². The van der Waals surface area contributed by atoms with E-state index in [2.05, 4.69) is 0 Å². The van der Waals surface area contributed by atoms with Gasteiger partial charge < -0.3 is 50.0 Å². The molecule has 3 rings (SSSR count). The quantitative estimate of drug-likeness (QED) is 0.243. The molecule has 11 nitrogen and oxygen atoms in total. The minimum absolute atomic E-state index is 0.232. The van der Waals surface area contributed by atoms with Crippen LogP contribution in [0.5, 0.6) is 0 Å². The highest BCUT2D eigenvalue weighted by molar-refractivity contribution is 5.73. The van der Waals surface area contributed by atoms with E-state index in [1.807, 2.05) is 0 Å². The van der Waals surface area contributed by atoms with E-state index in [-0.39, 0.29) is 6.42 Å². The summed E-state index contributed by atoms with van der Waals surface area (Å²) in [5, 5.41) is 72.7. The first-order valence-corrected chi connectivity index (χ1v) is 9.82. The van der Waals surface area contributed by atoms with Crippen LogP contribution in [0.4, 0.5) is 0 Å². The monoisotopic (exact) mass is 444 g/mol. The van der Waals surface area contributed by atoms with Gasteiger partial charge in [-0.15, -0.1) is 0 Å². The van der Waals surface area contributed by atoms with E-state index < -0.39 is 73.1 Å². The second-order valence-electron chi connectivity index (χ2n) is 7.91. The molecule has 0 amide bonds. The van der Waals surface area contributed by atoms with Gasteiger partial charge in [0.1, 0.15) is 24.4 Å². The van der Waals surface area contributed by atoms with Crippen molar-refractivity contribution in [3.8, 4) is 0 Å². The van der Waals surface area contributed by atoms with Crippen LogP contribution in [0.3, 0.4) is 0 Å². The molecule has 9 atom stereocenters. The molecule has 7 N–H and O–H groups in total. The number of carboxylic acids is 1. The van der Waals surface area contributed by atoms with E-state index in [4.69, 9.17) is 14.2 Å². The summed E-state index contributed by atoms with van der Waals surface area (Å²) in [6.07, 6.45) is -12.5. The second-order valence-corrected chi connectivity index (χ2v) is 7.91. The molecule has 174 valence electrons. The lowest BCUT2D eigenvalue weighted by Crippen LogP contribution is -2.80. The third-order valence-electron chi connectivity index (χ3n) is 6.08. The number of methoxy groups -OCH3 is 1. The van der Waals surface area contributed by atoms with Crippen molar-refractivity contribution in [3.05, 3.63) is 35.9 Å². The Balaban J connectivity index is 2.11. The zero-order valence-electron chi connectivity index (χ0n) is 16.8. The summed E-state index contributed by atoms with van der Waals surface area (Å²) in [5.74, 6) is -4.26. The molecule has 0 spiro atoms. The topological polar surface area (TPSA) is 186 Å². The predicted molar refractivity (Wildman–Crippen MR) is 102 cm³/mol. The molecule has 2 aliphatic rings. The summed E-state index contributed by atoms with van der Waals surface area (Å²) in [4.78, 5) is 11.5. The number of benzene rings is 1. The number of carbonyl (C=O) groups is 1. The number of aliphatic hydroxyl groups excluding tert-OH is 5. The zero-order valence-corrected chi connectivity index (χ0v) is 16.8. The summed E-state index contributed by atoms with van der Waals surface area (Å²) in [6.45, 7) is -0.806. The van der Waals surface area contributed by atoms with Crippen molar-refractivity contribution in [1.29, 1.82) is 0 Å². The Morgan fingerprint density at radius 1 is 1.16 bits per heavy atom. The predicted octanol–water partition coefficient (Wildman–Crippen LogP) is -2.62. The average molecular weight is 444 g/mol. The fraction of sp³-hybridized carbons (Fsp3) is 0.650. The number of carboxylic acid groups (broad SMARTS) is 1. The molecule has 0 aliphatic carbocycles. The fourth-order valence-corrected chi connectivity index (χ4v) is 4.42. The fourth-order valence-electron chi connectivity index (χ4n) is 4.42. The van der Waals surface area contributed by atoms with Crippen LogP contribution in [0.25, 0.3) is 0 Å². The molecule has 11 heteroatoms. The van der Waals surface area contributed by atoms with Gasteiger partial charge in [0.15, 0.2) is 11.7 Å². The summed E-state index contributed by atoms with van der Waals surface area (Å²) >= 11 is 0. The lowest BCUT2D eigenvalue weighted by atomic mass is 9.71. The third kappa shape index (κ3) is 3.97. The van der Waals surface area contributed by atoms with Gasteiger partial charge in [0.2, 0.25) is 5.79 Å². The number of hydrogen-bond acceptors (Lipinski definition) is 10. The molecular weight excluding hydrogens is 416 g/mol. The highest BCUT2D eigenvalue weighted by Gasteiger charge is 2.70. The highest BCUT2D eigenvalue weighted by Crippen LogP contribution is 2.46. The Hall–Kier alpha value is -1.67. The smallest absolute Gasteiger partial charge is 0.335 e. The Labute approximate surface area is 178 Å². The largest absolute Gasteiger partial charge is 0.479 e. The molecule has 1 aromatic rings. The molecule has 1 aromatic carbocycles. The van der Waals surface area contributed by atoms with Crippen molar-refractivity contribution in [2.45, 2.75) is 67.0 Å². The minimum Gasteiger partial charge on any atom is -0.479 e. The Morgan fingerprint density at radius 3 is 2.35 bits per heavy atom. The first-order chi connectivity index (χ1) is 14.6. The summed E-state index contributed by atoms with van der Waals surface area (Å²) in [5.41, 5.74) is -1.59. The van der Waals surface area contributed by atoms with Crippen LogP contribution in [0, 0.1) is 0 Å². The van der Waals surface area contributed by atoms with Crippen LogP contribution in [0.2, 0.25) is 0 Å². The maximum Gasteiger partial charge on any atom is 0.335 e. The summed E-state index contributed by atoms with van der Waals surface area (Å²) in [6, 6.07) is 8.47. The SMILES string of the molecule is CO[C@]1(Cc2ccccc2)[C@@H](O)[C@H](O)[C@@H](CO)O[C@]1(O)[C@@H]1O[C@H](C(=O)O)[C@@H](O)C[C@H]1O. The lowest BCUT2D eigenvalue weighted by molar-refractivity contribution is -0.433. The average Bonchev–Trinajstić information content (AvgIpc) is 2.74. The molecule has 0 bridgehead atoms. The van der Waals surface area contributed by atoms with E-state index >= 15 is 0 Å². The molecule has 2 saturated heterocycles. The van der Waals surface area contributed by atoms with Gasteiger partial charge in [0.25, 0.3) is 0 Å². The molecule has 2 heterocycles. The van der Waals surface area contributed by atoms with Crippen molar-refractivity contribution >= 4 is 5.97 Å². The van der Waals surface area contributed by atoms with Crippen LogP contribution in [0.1, 0.15) is 12.0 Å². The number of aliphatic hydroxyl groups is 6. The Morgan fingerprint density at radius 2 is 1.81 bits per heavy atom. The zero-order chi connectivity index (χ0) is 23.0. The molecular formula is C20H28O11. The van der Waals surface area contributed by atoms with Crippen LogP contribution in [-0.2, 0) is 25.4 Å². The summed E-state index contributed by atoms with van der Waals surface area (Å²) in [7, 11) is 1.14. The van der Waals surface area contributed by atoms with Crippen LogP contribution in [-0.4, -0.2) is 110 Å². The summed E-state index contributed by atoms with van der Waals surface area (Å²) < 4.78 is 16.5. The lowest BCUT2D eigenvalue weighted by Gasteiger charge is -2.58. The van der Waals surface area contributed by atoms with Gasteiger partial charge >= 0.3 is 5.97 Å². The van der Waals surface area contributed by atoms with Crippen molar-refractivity contribution < 1.29 is 54.8 Å². The van der Waals surface area contributed by atoms with E-state index in [1.165, 1.54) is 0 Å². The molecule has 0 aromatic heterocycles. The van der Waals surface area contributed by atoms with Gasteiger partial charge in [-0.25, -0.2) is 4.79 Å². The van der Waals surface area contributed by atoms with Crippen molar-refractivity contribution in [1.82, 2.24) is 0 Å². The van der Waals surface area contributed by atoms with Crippen LogP contribution in [0.15, 0.2) is 30.3 Å². The molecule has 0 unspecified atom stereocenters. The maximum absolute atomic E-state index is 11.7. The molecule has 2 fully saturated rings. The normalized spacial score (nSPS) is 43.5. The van der Waals surface area contributed by atoms with Crippen LogP contribution >= 0.6 is 0 Å². The molecule has 31 heavy (non-hydrogen) atoms. The van der Waals surface area contributed by atoms with Gasteiger partial charge in [-0.1, -0.05) is 30.3 Å². The highest BCUT2D eigenvalue weighted by atomic mass is 16.7. The van der Waals surface area contributed by atoms with Gasteiger partial charge in [0, 0.05) is 20.0 Å². The van der Waals surface area contributed by atoms with Gasteiger partial charge in [-0.3, -0.25) is 0 Å². The Bertz CT molecular complexity index is 761. The molecule has 2 aliphatic heterocycles. The number of hydrogen-bond donors (Lipinski definition) is 7. The van der Waals surface area contributed by atoms with Crippen molar-refractivity contribution in [2.75, 3.05) is 13.7 Å². The molecule has 0 saturated carbocycles. The number of aliphatic carboxylic acids is 1. The molecule has 0 radical (unpaired) electrons. The van der Waals surface area contributed by atoms with E-state index in [0.717, 1.165) is 7.11 Å². The van der Waals surface area contributed by atoms with Gasteiger partial charge in [-0.2, -0.15) is 0 Å². The van der Waals surface area contributed by atoms with Crippen LogP contribution < -0.4 is 0 Å². The number of rotatable bonds is 6. The third-order valence-corrected chi connectivity index (χ3v) is 6.08. The first-order valence-electron chi connectivity index (χ1n) is 9.82.